The van der Waals surface area contributed by atoms with Crippen molar-refractivity contribution in [3.8, 4) is 5.75 Å². The fourth-order valence-corrected chi connectivity index (χ4v) is 2.55. The number of benzene rings is 2. The number of hydrogen-bond donors (Lipinski definition) is 5. The fraction of sp³-hybridized carbons (Fsp3) is 0.167. The minimum Gasteiger partial charge on any atom is -0.497 e. The number of aliphatic carboxylic acids is 1. The molecule has 0 aliphatic rings. The minimum absolute atomic E-state index is 0.133. The number of nitrogen functional groups attached to an aromatic ring is 1. The summed E-state index contributed by atoms with van der Waals surface area (Å²) in [5.74, 6) is -1.09. The number of nitrogens with two attached hydrogens (primary N) is 1. The highest BCUT2D eigenvalue weighted by Crippen LogP contribution is 2.21. The number of halogens is 1. The second kappa shape index (κ2) is 8.91. The lowest BCUT2D eigenvalue weighted by Crippen LogP contribution is -2.24. The van der Waals surface area contributed by atoms with Gasteiger partial charge in [-0.25, -0.2) is 0 Å². The van der Waals surface area contributed by atoms with Crippen LogP contribution in [0.15, 0.2) is 36.4 Å². The highest BCUT2D eigenvalue weighted by atomic mass is 35.5. The first-order chi connectivity index (χ1) is 12.8. The van der Waals surface area contributed by atoms with E-state index in [1.54, 1.807) is 30.3 Å². The van der Waals surface area contributed by atoms with Crippen LogP contribution in [0, 0.1) is 5.41 Å². The third-order valence-electron chi connectivity index (χ3n) is 3.66. The number of amides is 1. The van der Waals surface area contributed by atoms with Gasteiger partial charge in [-0.3, -0.25) is 15.0 Å². The maximum atomic E-state index is 12.4. The molecule has 0 bridgehead atoms. The van der Waals surface area contributed by atoms with E-state index in [0.717, 1.165) is 0 Å². The maximum Gasteiger partial charge on any atom is 0.322 e. The van der Waals surface area contributed by atoms with Gasteiger partial charge in [-0.1, -0.05) is 23.7 Å². The number of carbonyl (C=O) groups is 2. The van der Waals surface area contributed by atoms with Crippen LogP contribution in [0.5, 0.6) is 5.75 Å². The van der Waals surface area contributed by atoms with Crippen LogP contribution in [0.2, 0.25) is 5.02 Å². The largest absolute Gasteiger partial charge is 0.497 e. The number of carboxylic acids is 1. The summed E-state index contributed by atoms with van der Waals surface area (Å²) >= 11 is 5.98. The summed E-state index contributed by atoms with van der Waals surface area (Å²) in [7, 11) is 1.48. The first-order valence-corrected chi connectivity index (χ1v) is 8.23. The molecule has 2 aromatic carbocycles. The van der Waals surface area contributed by atoms with E-state index in [0.29, 0.717) is 33.1 Å². The molecule has 0 aliphatic heterocycles. The first-order valence-electron chi connectivity index (χ1n) is 7.86. The van der Waals surface area contributed by atoms with E-state index in [4.69, 9.17) is 32.6 Å². The molecule has 142 valence electrons. The Morgan fingerprint density at radius 3 is 2.59 bits per heavy atom. The minimum atomic E-state index is -1.04. The van der Waals surface area contributed by atoms with Gasteiger partial charge in [0.15, 0.2) is 0 Å². The molecule has 0 radical (unpaired) electrons. The Hall–Kier alpha value is -3.26. The predicted molar refractivity (Wildman–Crippen MR) is 103 cm³/mol. The quantitative estimate of drug-likeness (QED) is 0.345. The molecular weight excluding hydrogens is 372 g/mol. The zero-order valence-electron chi connectivity index (χ0n) is 14.5. The maximum absolute atomic E-state index is 12.4. The lowest BCUT2D eigenvalue weighted by atomic mass is 10.1. The monoisotopic (exact) mass is 390 g/mol. The summed E-state index contributed by atoms with van der Waals surface area (Å²) < 4.78 is 5.10. The molecule has 0 saturated heterocycles. The van der Waals surface area contributed by atoms with Gasteiger partial charge in [0, 0.05) is 28.4 Å². The standard InChI is InChI=1S/C18H19ClN4O4/c1-27-14-5-12(4-13(19)7-14)18(26)23-8-11-3-2-10(17(20)21)6-15(11)22-9-16(24)25/h2-7,22H,8-9H2,1H3,(H3,20,21)(H,23,26)(H,24,25). The zero-order chi connectivity index (χ0) is 20.0. The highest BCUT2D eigenvalue weighted by Gasteiger charge is 2.12. The van der Waals surface area contributed by atoms with Gasteiger partial charge in [-0.05, 0) is 29.8 Å². The Balaban J connectivity index is 2.18. The lowest BCUT2D eigenvalue weighted by molar-refractivity contribution is -0.134. The number of carbonyl (C=O) groups excluding carboxylic acids is 1. The third-order valence-corrected chi connectivity index (χ3v) is 3.88. The van der Waals surface area contributed by atoms with E-state index >= 15 is 0 Å². The van der Waals surface area contributed by atoms with Gasteiger partial charge in [0.25, 0.3) is 5.91 Å². The van der Waals surface area contributed by atoms with Crippen LogP contribution < -0.4 is 21.1 Å². The Labute approximate surface area is 160 Å². The molecule has 0 aliphatic carbocycles. The van der Waals surface area contributed by atoms with E-state index in [9.17, 15) is 9.59 Å². The zero-order valence-corrected chi connectivity index (χ0v) is 15.3. The molecular formula is C18H19ClN4O4. The summed E-state index contributed by atoms with van der Waals surface area (Å²) in [6.07, 6.45) is 0. The Morgan fingerprint density at radius 1 is 1.22 bits per heavy atom. The molecule has 2 aromatic rings. The topological polar surface area (TPSA) is 138 Å². The Morgan fingerprint density at radius 2 is 1.96 bits per heavy atom. The number of ether oxygens (including phenoxy) is 1. The third kappa shape index (κ3) is 5.61. The van der Waals surface area contributed by atoms with Gasteiger partial charge in [0.2, 0.25) is 0 Å². The van der Waals surface area contributed by atoms with Crippen LogP contribution >= 0.6 is 11.6 Å². The lowest BCUT2D eigenvalue weighted by Gasteiger charge is -2.14. The predicted octanol–water partition coefficient (Wildman–Crippen LogP) is 2.06. The van der Waals surface area contributed by atoms with Crippen LogP contribution in [-0.2, 0) is 11.3 Å². The summed E-state index contributed by atoms with van der Waals surface area (Å²) in [4.78, 5) is 23.2. The van der Waals surface area contributed by atoms with E-state index < -0.39 is 5.97 Å². The van der Waals surface area contributed by atoms with Crippen LogP contribution in [0.25, 0.3) is 0 Å². The first kappa shape index (κ1) is 20.1. The van der Waals surface area contributed by atoms with Gasteiger partial charge < -0.3 is 26.2 Å². The summed E-state index contributed by atoms with van der Waals surface area (Å²) in [6, 6.07) is 9.52. The number of anilines is 1. The smallest absolute Gasteiger partial charge is 0.322 e. The second-order valence-corrected chi connectivity index (χ2v) is 6.03. The van der Waals surface area contributed by atoms with Crippen LogP contribution in [0.1, 0.15) is 21.5 Å². The van der Waals surface area contributed by atoms with Crippen molar-refractivity contribution in [2.75, 3.05) is 19.0 Å². The van der Waals surface area contributed by atoms with Crippen molar-refractivity contribution in [1.82, 2.24) is 5.32 Å². The van der Waals surface area contributed by atoms with E-state index in [1.165, 1.54) is 13.2 Å². The molecule has 0 atom stereocenters. The molecule has 0 aromatic heterocycles. The van der Waals surface area contributed by atoms with Crippen LogP contribution in [0.4, 0.5) is 5.69 Å². The van der Waals surface area contributed by atoms with Gasteiger partial charge in [0.1, 0.15) is 18.1 Å². The summed E-state index contributed by atoms with van der Waals surface area (Å²) in [5.41, 5.74) is 7.36. The van der Waals surface area contributed by atoms with E-state index in [-0.39, 0.29) is 24.8 Å². The highest BCUT2D eigenvalue weighted by molar-refractivity contribution is 6.31. The molecule has 0 unspecified atom stereocenters. The SMILES string of the molecule is COc1cc(Cl)cc(C(=O)NCc2ccc(C(=N)N)cc2NCC(=O)O)c1. The normalized spacial score (nSPS) is 10.1. The number of carboxylic acid groups (broad SMARTS) is 1. The number of amidine groups is 1. The van der Waals surface area contributed by atoms with Gasteiger partial charge in [-0.15, -0.1) is 0 Å². The van der Waals surface area contributed by atoms with Gasteiger partial charge in [0.05, 0.1) is 7.11 Å². The van der Waals surface area contributed by atoms with Gasteiger partial charge in [-0.2, -0.15) is 0 Å². The number of hydrogen-bond acceptors (Lipinski definition) is 5. The molecule has 9 heteroatoms. The molecule has 0 heterocycles. The Bertz CT molecular complexity index is 886. The molecule has 8 nitrogen and oxygen atoms in total. The molecule has 6 N–H and O–H groups in total. The molecule has 0 fully saturated rings. The van der Waals surface area contributed by atoms with Crippen molar-refractivity contribution in [3.05, 3.63) is 58.1 Å². The molecule has 0 spiro atoms. The number of rotatable bonds is 8. The fourth-order valence-electron chi connectivity index (χ4n) is 2.32. The molecule has 27 heavy (non-hydrogen) atoms. The van der Waals surface area contributed by atoms with Crippen molar-refractivity contribution in [2.45, 2.75) is 6.54 Å². The molecule has 2 rings (SSSR count). The number of nitrogens with one attached hydrogen (secondary N) is 3. The van der Waals surface area contributed by atoms with Crippen molar-refractivity contribution >= 4 is 35.0 Å². The molecule has 0 saturated carbocycles. The Kier molecular flexibility index (Phi) is 6.62. The van der Waals surface area contributed by atoms with Crippen molar-refractivity contribution in [3.63, 3.8) is 0 Å². The summed E-state index contributed by atoms with van der Waals surface area (Å²) in [6.45, 7) is -0.179. The van der Waals surface area contributed by atoms with Crippen molar-refractivity contribution < 1.29 is 19.4 Å². The van der Waals surface area contributed by atoms with Crippen molar-refractivity contribution in [1.29, 1.82) is 5.41 Å². The van der Waals surface area contributed by atoms with Crippen molar-refractivity contribution in [2.24, 2.45) is 5.73 Å². The molecule has 1 amide bonds. The second-order valence-electron chi connectivity index (χ2n) is 5.60. The van der Waals surface area contributed by atoms with Crippen LogP contribution in [-0.4, -0.2) is 36.5 Å². The average molecular weight is 391 g/mol. The van der Waals surface area contributed by atoms with Crippen LogP contribution in [0.3, 0.4) is 0 Å². The number of methoxy groups -OCH3 is 1. The van der Waals surface area contributed by atoms with Gasteiger partial charge >= 0.3 is 5.97 Å². The summed E-state index contributed by atoms with van der Waals surface area (Å²) in [5, 5.41) is 22.2. The van der Waals surface area contributed by atoms with E-state index in [2.05, 4.69) is 10.6 Å². The average Bonchev–Trinajstić information content (AvgIpc) is 2.63. The van der Waals surface area contributed by atoms with E-state index in [1.807, 2.05) is 0 Å².